The third-order valence-corrected chi connectivity index (χ3v) is 7.83. The number of rotatable bonds is 7. The second-order valence-corrected chi connectivity index (χ2v) is 10.6. The van der Waals surface area contributed by atoms with Gasteiger partial charge in [-0.05, 0) is 46.1 Å². The Labute approximate surface area is 219 Å². The van der Waals surface area contributed by atoms with Gasteiger partial charge in [-0.15, -0.1) is 0 Å². The fraction of sp³-hybridized carbons (Fsp3) is 0.250. The summed E-state index contributed by atoms with van der Waals surface area (Å²) in [5, 5.41) is 2.62. The van der Waals surface area contributed by atoms with Crippen LogP contribution in [0.2, 0.25) is 0 Å². The molecule has 4 rings (SSSR count). The number of anilines is 1. The van der Waals surface area contributed by atoms with Crippen molar-refractivity contribution in [2.75, 3.05) is 11.8 Å². The van der Waals surface area contributed by atoms with Gasteiger partial charge in [-0.1, -0.05) is 25.1 Å². The van der Waals surface area contributed by atoms with Crippen LogP contribution < -0.4 is 10.0 Å². The van der Waals surface area contributed by atoms with Gasteiger partial charge in [0.2, 0.25) is 0 Å². The van der Waals surface area contributed by atoms with Gasteiger partial charge in [-0.2, -0.15) is 21.6 Å². The number of alkyl halides is 3. The topological polar surface area (TPSA) is 106 Å². The van der Waals surface area contributed by atoms with E-state index in [-0.39, 0.29) is 23.7 Å². The minimum Gasteiger partial charge on any atom is -0.472 e. The number of aryl methyl sites for hydroxylation is 2. The van der Waals surface area contributed by atoms with Crippen molar-refractivity contribution in [1.82, 2.24) is 14.9 Å². The van der Waals surface area contributed by atoms with Crippen molar-refractivity contribution in [3.63, 3.8) is 0 Å². The number of carbonyl (C=O) groups excluding carboxylic acids is 1. The predicted molar refractivity (Wildman–Crippen MR) is 136 cm³/mol. The normalized spacial score (nSPS) is 12.2. The van der Waals surface area contributed by atoms with Crippen LogP contribution in [0.1, 0.15) is 34.5 Å². The smallest absolute Gasteiger partial charge is 0.472 e. The Kier molecular flexibility index (Phi) is 7.12. The first kappa shape index (κ1) is 26.7. The van der Waals surface area contributed by atoms with E-state index >= 15 is 0 Å². The maximum atomic E-state index is 13.2. The summed E-state index contributed by atoms with van der Waals surface area (Å²) in [5.74, 6) is 0.300. The molecule has 8 nitrogen and oxygen atoms in total. The van der Waals surface area contributed by atoms with Gasteiger partial charge in [0.1, 0.15) is 11.5 Å². The number of hydrogen-bond acceptors (Lipinski definition) is 5. The highest BCUT2D eigenvalue weighted by molar-refractivity contribution is 9.10. The Morgan fingerprint density at radius 1 is 1.16 bits per heavy atom. The third kappa shape index (κ3) is 4.73. The van der Waals surface area contributed by atoms with Gasteiger partial charge < -0.3 is 14.3 Å². The zero-order valence-corrected chi connectivity index (χ0v) is 22.3. The number of nitrogens with one attached hydrogen (secondary N) is 2. The van der Waals surface area contributed by atoms with Gasteiger partial charge in [0.05, 0.1) is 30.5 Å². The van der Waals surface area contributed by atoms with Gasteiger partial charge in [0.15, 0.2) is 0 Å². The summed E-state index contributed by atoms with van der Waals surface area (Å²) in [7, 11) is -4.17. The van der Waals surface area contributed by atoms with E-state index in [1.165, 1.54) is 37.8 Å². The first-order valence-electron chi connectivity index (χ1n) is 11.0. The molecule has 2 aliphatic rings. The number of benzene rings is 1. The molecule has 1 amide bonds. The van der Waals surface area contributed by atoms with E-state index in [2.05, 4.69) is 26.2 Å². The van der Waals surface area contributed by atoms with Crippen molar-refractivity contribution < 1.29 is 30.8 Å². The molecule has 196 valence electrons. The van der Waals surface area contributed by atoms with Crippen LogP contribution >= 0.6 is 15.9 Å². The van der Waals surface area contributed by atoms with E-state index in [1.807, 2.05) is 6.92 Å². The summed E-state index contributed by atoms with van der Waals surface area (Å²) in [6, 6.07) is 7.50. The van der Waals surface area contributed by atoms with Crippen LogP contribution in [0.15, 0.2) is 51.7 Å². The second-order valence-electron chi connectivity index (χ2n) is 8.13. The lowest BCUT2D eigenvalue weighted by molar-refractivity contribution is -0.0429. The number of imidazole rings is 1. The SMILES string of the molecule is CCc1nc(C)c(C(=O)NC)n1Cc1c2ccocc-2c(Br)c1-c1ccccc1NS(=O)(=O)C(F)(F)F. The van der Waals surface area contributed by atoms with Gasteiger partial charge in [0.25, 0.3) is 5.91 Å². The van der Waals surface area contributed by atoms with Gasteiger partial charge in [0, 0.05) is 34.6 Å². The van der Waals surface area contributed by atoms with Crippen molar-refractivity contribution in [1.29, 1.82) is 0 Å². The molecule has 0 radical (unpaired) electrons. The summed E-state index contributed by atoms with van der Waals surface area (Å²) in [4.78, 5) is 17.3. The summed E-state index contributed by atoms with van der Waals surface area (Å²) >= 11 is 3.54. The molecule has 1 aliphatic heterocycles. The molecule has 2 N–H and O–H groups in total. The number of sulfonamides is 1. The molecule has 0 saturated heterocycles. The zero-order valence-electron chi connectivity index (χ0n) is 19.9. The van der Waals surface area contributed by atoms with E-state index in [1.54, 1.807) is 28.3 Å². The number of nitrogens with zero attached hydrogens (tertiary/aromatic N) is 2. The Balaban J connectivity index is 1.98. The molecular formula is C24H22BrF3N4O4S. The molecule has 0 spiro atoms. The Morgan fingerprint density at radius 3 is 2.51 bits per heavy atom. The van der Waals surface area contributed by atoms with E-state index in [0.717, 1.165) is 0 Å². The van der Waals surface area contributed by atoms with Crippen LogP contribution in [0, 0.1) is 6.92 Å². The minimum absolute atomic E-state index is 0.134. The van der Waals surface area contributed by atoms with Crippen LogP contribution in [0.3, 0.4) is 0 Å². The molecular weight excluding hydrogens is 577 g/mol. The number of halogens is 4. The largest absolute Gasteiger partial charge is 0.516 e. The molecule has 2 heterocycles. The minimum atomic E-state index is -5.68. The highest BCUT2D eigenvalue weighted by Gasteiger charge is 2.46. The highest BCUT2D eigenvalue weighted by Crippen LogP contribution is 2.48. The molecule has 0 unspecified atom stereocenters. The van der Waals surface area contributed by atoms with E-state index < -0.39 is 15.5 Å². The Morgan fingerprint density at radius 2 is 1.86 bits per heavy atom. The number of hydrogen-bond donors (Lipinski definition) is 2. The molecule has 1 aliphatic carbocycles. The predicted octanol–water partition coefficient (Wildman–Crippen LogP) is 5.55. The van der Waals surface area contributed by atoms with E-state index in [4.69, 9.17) is 4.42 Å². The van der Waals surface area contributed by atoms with Crippen LogP contribution in [0.4, 0.5) is 18.9 Å². The second kappa shape index (κ2) is 9.86. The molecule has 0 saturated carbocycles. The molecule has 13 heteroatoms. The summed E-state index contributed by atoms with van der Waals surface area (Å²) in [5.41, 5.74) is -2.24. The lowest BCUT2D eigenvalue weighted by atomic mass is 10.0. The number of para-hydroxylation sites is 1. The maximum Gasteiger partial charge on any atom is 0.516 e. The monoisotopic (exact) mass is 598 g/mol. The Bertz CT molecular complexity index is 1560. The van der Waals surface area contributed by atoms with E-state index in [0.29, 0.717) is 50.4 Å². The Hall–Kier alpha value is -3.32. The molecule has 1 aromatic heterocycles. The van der Waals surface area contributed by atoms with Gasteiger partial charge in [-0.25, -0.2) is 4.98 Å². The van der Waals surface area contributed by atoms with Crippen molar-refractivity contribution in [3.8, 4) is 22.3 Å². The van der Waals surface area contributed by atoms with Crippen molar-refractivity contribution in [3.05, 3.63) is 70.1 Å². The molecule has 0 fully saturated rings. The third-order valence-electron chi connectivity index (χ3n) is 5.91. The summed E-state index contributed by atoms with van der Waals surface area (Å²) < 4.78 is 72.7. The first-order chi connectivity index (χ1) is 17.4. The lowest BCUT2D eigenvalue weighted by Crippen LogP contribution is -2.30. The number of aromatic nitrogens is 2. The molecule has 0 bridgehead atoms. The van der Waals surface area contributed by atoms with Gasteiger partial charge in [-0.3, -0.25) is 9.52 Å². The number of amides is 1. The molecule has 37 heavy (non-hydrogen) atoms. The van der Waals surface area contributed by atoms with Crippen LogP contribution in [-0.2, 0) is 23.0 Å². The molecule has 2 aromatic rings. The molecule has 0 atom stereocenters. The fourth-order valence-electron chi connectivity index (χ4n) is 4.28. The van der Waals surface area contributed by atoms with Crippen molar-refractivity contribution in [2.24, 2.45) is 0 Å². The fourth-order valence-corrected chi connectivity index (χ4v) is 5.62. The quantitative estimate of drug-likeness (QED) is 0.290. The highest BCUT2D eigenvalue weighted by atomic mass is 79.9. The van der Waals surface area contributed by atoms with Crippen molar-refractivity contribution >= 4 is 37.5 Å². The van der Waals surface area contributed by atoms with Crippen LogP contribution in [0.5, 0.6) is 0 Å². The zero-order chi connectivity index (χ0) is 27.1. The standard InChI is InChI=1S/C24H22BrF3N4O4S/c1-4-19-30-13(2)22(23(33)29-3)32(19)11-16-14-9-10-36-12-17(14)21(25)20(16)15-7-5-6-8-18(15)31-37(34,35)24(26,27)28/h5-10,12,31H,4,11H2,1-3H3,(H,29,33). The van der Waals surface area contributed by atoms with Crippen LogP contribution in [-0.4, -0.2) is 36.4 Å². The maximum absolute atomic E-state index is 13.2. The molecule has 1 aromatic carbocycles. The van der Waals surface area contributed by atoms with Gasteiger partial charge >= 0.3 is 15.5 Å². The van der Waals surface area contributed by atoms with Crippen LogP contribution in [0.25, 0.3) is 22.3 Å². The van der Waals surface area contributed by atoms with E-state index in [9.17, 15) is 26.4 Å². The lowest BCUT2D eigenvalue weighted by Gasteiger charge is -2.17. The van der Waals surface area contributed by atoms with Crippen molar-refractivity contribution in [2.45, 2.75) is 32.3 Å². The average Bonchev–Trinajstić information content (AvgIpc) is 3.31. The average molecular weight is 599 g/mol. The first-order valence-corrected chi connectivity index (χ1v) is 13.3. The number of fused-ring (bicyclic) bond motifs is 1. The number of carbonyl (C=O) groups is 1. The summed E-state index contributed by atoms with van der Waals surface area (Å²) in [6.07, 6.45) is 3.46. The summed E-state index contributed by atoms with van der Waals surface area (Å²) in [6.45, 7) is 3.75.